The lowest BCUT2D eigenvalue weighted by Crippen LogP contribution is -2.40. The number of amides is 1. The molecule has 32 heavy (non-hydrogen) atoms. The molecule has 4 heterocycles. The van der Waals surface area contributed by atoms with Gasteiger partial charge in [-0.1, -0.05) is 49.3 Å². The highest BCUT2D eigenvalue weighted by Crippen LogP contribution is 2.37. The lowest BCUT2D eigenvalue weighted by atomic mass is 9.94. The monoisotopic (exact) mass is 470 g/mol. The Morgan fingerprint density at radius 2 is 1.94 bits per heavy atom. The van der Waals surface area contributed by atoms with E-state index in [2.05, 4.69) is 4.90 Å². The highest BCUT2D eigenvalue weighted by molar-refractivity contribution is 8.26. The largest absolute Gasteiger partial charge is 0.378 e. The fourth-order valence-corrected chi connectivity index (χ4v) is 6.09. The van der Waals surface area contributed by atoms with Crippen LogP contribution in [-0.4, -0.2) is 56.9 Å². The zero-order valence-corrected chi connectivity index (χ0v) is 19.7. The number of carbonyl (C=O) groups is 1. The predicted molar refractivity (Wildman–Crippen MR) is 131 cm³/mol. The first-order valence-electron chi connectivity index (χ1n) is 11.2. The summed E-state index contributed by atoms with van der Waals surface area (Å²) in [5, 5.41) is 0. The average Bonchev–Trinajstić information content (AvgIpc) is 3.10. The Bertz CT molecular complexity index is 1160. The van der Waals surface area contributed by atoms with Gasteiger partial charge in [0.2, 0.25) is 0 Å². The minimum atomic E-state index is -0.178. The number of morpholine rings is 1. The Hall–Kier alpha value is -2.23. The zero-order valence-electron chi connectivity index (χ0n) is 18.1. The summed E-state index contributed by atoms with van der Waals surface area (Å²) in [6.45, 7) is 4.41. The number of thioether (sulfide) groups is 1. The molecule has 2 aliphatic heterocycles. The van der Waals surface area contributed by atoms with Gasteiger partial charge < -0.3 is 9.64 Å². The summed E-state index contributed by atoms with van der Waals surface area (Å²) in [5.41, 5.74) is 1.81. The van der Waals surface area contributed by atoms with Crippen LogP contribution < -0.4 is 10.5 Å². The number of pyridine rings is 1. The molecule has 2 aromatic heterocycles. The van der Waals surface area contributed by atoms with Crippen LogP contribution >= 0.6 is 24.0 Å². The number of aryl methyl sites for hydroxylation is 1. The SMILES string of the molecule is Cc1cccn2c(=O)c(/C=C3/SC(=S)N(C4CCCCC4)C3=O)c(N3CCOCC3)nc12. The van der Waals surface area contributed by atoms with Gasteiger partial charge in [0.05, 0.1) is 23.7 Å². The number of rotatable bonds is 3. The molecular formula is C23H26N4O3S2. The molecule has 0 bridgehead atoms. The molecule has 168 valence electrons. The quantitative estimate of drug-likeness (QED) is 0.503. The Morgan fingerprint density at radius 3 is 2.69 bits per heavy atom. The Balaban J connectivity index is 1.60. The van der Waals surface area contributed by atoms with E-state index < -0.39 is 0 Å². The van der Waals surface area contributed by atoms with Gasteiger partial charge in [-0.25, -0.2) is 4.98 Å². The first-order valence-corrected chi connectivity index (χ1v) is 12.4. The topological polar surface area (TPSA) is 67.2 Å². The maximum Gasteiger partial charge on any atom is 0.267 e. The molecule has 2 saturated heterocycles. The number of fused-ring (bicyclic) bond motifs is 1. The summed E-state index contributed by atoms with van der Waals surface area (Å²) >= 11 is 6.87. The van der Waals surface area contributed by atoms with Crippen molar-refractivity contribution in [2.24, 2.45) is 0 Å². The lowest BCUT2D eigenvalue weighted by molar-refractivity contribution is -0.124. The third-order valence-corrected chi connectivity index (χ3v) is 7.74. The molecule has 0 radical (unpaired) electrons. The lowest BCUT2D eigenvalue weighted by Gasteiger charge is -2.30. The van der Waals surface area contributed by atoms with E-state index in [1.165, 1.54) is 18.2 Å². The van der Waals surface area contributed by atoms with Crippen LogP contribution in [0.5, 0.6) is 0 Å². The van der Waals surface area contributed by atoms with E-state index in [0.29, 0.717) is 52.6 Å². The van der Waals surface area contributed by atoms with Gasteiger partial charge in [-0.15, -0.1) is 0 Å². The van der Waals surface area contributed by atoms with Crippen LogP contribution in [0.3, 0.4) is 0 Å². The Morgan fingerprint density at radius 1 is 1.19 bits per heavy atom. The Kier molecular flexibility index (Phi) is 6.05. The number of aromatic nitrogens is 2. The van der Waals surface area contributed by atoms with Crippen LogP contribution in [0.15, 0.2) is 28.0 Å². The van der Waals surface area contributed by atoms with E-state index in [1.54, 1.807) is 21.6 Å². The summed E-state index contributed by atoms with van der Waals surface area (Å²) in [4.78, 5) is 36.1. The molecule has 1 aliphatic carbocycles. The number of anilines is 1. The molecule has 0 unspecified atom stereocenters. The van der Waals surface area contributed by atoms with Crippen molar-refractivity contribution in [1.29, 1.82) is 0 Å². The minimum absolute atomic E-state index is 0.0893. The molecule has 9 heteroatoms. The third kappa shape index (κ3) is 3.86. The maximum atomic E-state index is 13.6. The van der Waals surface area contributed by atoms with Crippen LogP contribution in [0.4, 0.5) is 5.82 Å². The normalized spacial score (nSPS) is 21.8. The second-order valence-electron chi connectivity index (χ2n) is 8.48. The molecule has 7 nitrogen and oxygen atoms in total. The average molecular weight is 471 g/mol. The summed E-state index contributed by atoms with van der Waals surface area (Å²) in [5.74, 6) is 0.518. The number of thiocarbonyl (C=S) groups is 1. The van der Waals surface area contributed by atoms with Gasteiger partial charge in [0.15, 0.2) is 0 Å². The smallest absolute Gasteiger partial charge is 0.267 e. The van der Waals surface area contributed by atoms with Gasteiger partial charge in [0.25, 0.3) is 11.5 Å². The van der Waals surface area contributed by atoms with Crippen molar-refractivity contribution in [3.05, 3.63) is 44.7 Å². The number of hydrogen-bond acceptors (Lipinski definition) is 7. The molecule has 0 atom stereocenters. The molecule has 5 rings (SSSR count). The van der Waals surface area contributed by atoms with Crippen molar-refractivity contribution >= 4 is 51.7 Å². The summed E-state index contributed by atoms with van der Waals surface area (Å²) in [7, 11) is 0. The van der Waals surface area contributed by atoms with Gasteiger partial charge in [0, 0.05) is 25.3 Å². The summed E-state index contributed by atoms with van der Waals surface area (Å²) in [6.07, 6.45) is 8.86. The first kappa shape index (κ1) is 21.6. The molecule has 1 amide bonds. The van der Waals surface area contributed by atoms with Gasteiger partial charge >= 0.3 is 0 Å². The van der Waals surface area contributed by atoms with Crippen molar-refractivity contribution in [1.82, 2.24) is 14.3 Å². The van der Waals surface area contributed by atoms with Gasteiger partial charge in [0.1, 0.15) is 15.8 Å². The maximum absolute atomic E-state index is 13.6. The number of carbonyl (C=O) groups excluding carboxylic acids is 1. The molecule has 0 aromatic carbocycles. The van der Waals surface area contributed by atoms with Crippen LogP contribution in [0.1, 0.15) is 43.2 Å². The van der Waals surface area contributed by atoms with Crippen LogP contribution in [-0.2, 0) is 9.53 Å². The van der Waals surface area contributed by atoms with Gasteiger partial charge in [-0.05, 0) is 37.5 Å². The molecule has 2 aromatic rings. The van der Waals surface area contributed by atoms with Crippen molar-refractivity contribution in [2.75, 3.05) is 31.2 Å². The van der Waals surface area contributed by atoms with E-state index in [4.69, 9.17) is 21.9 Å². The highest BCUT2D eigenvalue weighted by atomic mass is 32.2. The van der Waals surface area contributed by atoms with E-state index in [1.807, 2.05) is 19.1 Å². The van der Waals surface area contributed by atoms with Crippen molar-refractivity contribution in [3.8, 4) is 0 Å². The fourth-order valence-electron chi connectivity index (χ4n) is 4.71. The van der Waals surface area contributed by atoms with Gasteiger partial charge in [-0.2, -0.15) is 0 Å². The fraction of sp³-hybridized carbons (Fsp3) is 0.478. The standard InChI is InChI=1S/C23H26N4O3S2/c1-15-6-5-9-26-19(15)24-20(25-10-12-30-13-11-25)17(21(26)28)14-18-22(29)27(23(31)32-18)16-7-3-2-4-8-16/h5-6,9,14,16H,2-4,7-8,10-13H2,1H3/b18-14+. The van der Waals surface area contributed by atoms with Gasteiger partial charge in [-0.3, -0.25) is 18.9 Å². The molecule has 0 spiro atoms. The second kappa shape index (κ2) is 8.96. The minimum Gasteiger partial charge on any atom is -0.378 e. The molecule has 1 saturated carbocycles. The van der Waals surface area contributed by atoms with E-state index in [-0.39, 0.29) is 17.5 Å². The van der Waals surface area contributed by atoms with Crippen LogP contribution in [0.2, 0.25) is 0 Å². The van der Waals surface area contributed by atoms with Crippen molar-refractivity contribution < 1.29 is 9.53 Å². The Labute approximate surface area is 196 Å². The molecule has 3 aliphatic rings. The molecular weight excluding hydrogens is 444 g/mol. The summed E-state index contributed by atoms with van der Waals surface area (Å²) in [6, 6.07) is 3.95. The van der Waals surface area contributed by atoms with Crippen LogP contribution in [0, 0.1) is 6.92 Å². The number of hydrogen-bond donors (Lipinski definition) is 0. The predicted octanol–water partition coefficient (Wildman–Crippen LogP) is 3.37. The second-order valence-corrected chi connectivity index (χ2v) is 10.2. The van der Waals surface area contributed by atoms with E-state index in [9.17, 15) is 9.59 Å². The highest BCUT2D eigenvalue weighted by Gasteiger charge is 2.38. The van der Waals surface area contributed by atoms with E-state index >= 15 is 0 Å². The van der Waals surface area contributed by atoms with E-state index in [0.717, 1.165) is 31.2 Å². The number of ether oxygens (including phenoxy) is 1. The third-order valence-electron chi connectivity index (χ3n) is 6.41. The summed E-state index contributed by atoms with van der Waals surface area (Å²) < 4.78 is 7.65. The van der Waals surface area contributed by atoms with Crippen molar-refractivity contribution in [2.45, 2.75) is 45.1 Å². The zero-order chi connectivity index (χ0) is 22.2. The first-order chi connectivity index (χ1) is 15.5. The number of nitrogens with zero attached hydrogens (tertiary/aromatic N) is 4. The molecule has 3 fully saturated rings. The molecule has 0 N–H and O–H groups in total. The van der Waals surface area contributed by atoms with Crippen molar-refractivity contribution in [3.63, 3.8) is 0 Å². The van der Waals surface area contributed by atoms with Crippen LogP contribution in [0.25, 0.3) is 11.7 Å².